The van der Waals surface area contributed by atoms with Crippen LogP contribution in [0.2, 0.25) is 0 Å². The number of carboxylic acids is 1. The minimum Gasteiger partial charge on any atom is -0.480 e. The molecule has 0 spiro atoms. The van der Waals surface area contributed by atoms with Crippen LogP contribution in [-0.4, -0.2) is 36.0 Å². The first-order valence-electron chi connectivity index (χ1n) is 6.92. The van der Waals surface area contributed by atoms with E-state index < -0.39 is 12.0 Å². The number of hydrogen-bond donors (Lipinski definition) is 4. The summed E-state index contributed by atoms with van der Waals surface area (Å²) in [5, 5.41) is 7.98. The third-order valence-electron chi connectivity index (χ3n) is 2.90. The lowest BCUT2D eigenvalue weighted by Crippen LogP contribution is -2.37. The average Bonchev–Trinajstić information content (AvgIpc) is 3.02. The molecule has 21 heavy (non-hydrogen) atoms. The molecule has 1 atom stereocenters. The normalized spacial score (nSPS) is 15.8. The molecule has 0 amide bonds. The van der Waals surface area contributed by atoms with Crippen LogP contribution in [0.4, 0.5) is 0 Å². The van der Waals surface area contributed by atoms with Gasteiger partial charge in [0.05, 0.1) is 11.8 Å². The maximum Gasteiger partial charge on any atom is 0.321 e. The lowest BCUT2D eigenvalue weighted by Gasteiger charge is -2.15. The third kappa shape index (κ3) is 10.7. The predicted molar refractivity (Wildman–Crippen MR) is 79.8 cm³/mol. The monoisotopic (exact) mass is 299 g/mol. The summed E-state index contributed by atoms with van der Waals surface area (Å²) in [4.78, 5) is 19.5. The van der Waals surface area contributed by atoms with E-state index in [4.69, 9.17) is 22.3 Å². The number of carbonyl (C=O) groups is 2. The van der Waals surface area contributed by atoms with Crippen LogP contribution in [0.3, 0.4) is 0 Å². The van der Waals surface area contributed by atoms with Gasteiger partial charge in [-0.3, -0.25) is 9.59 Å². The van der Waals surface area contributed by atoms with E-state index in [1.54, 1.807) is 6.07 Å². The molecule has 1 aromatic heterocycles. The average molecular weight is 299 g/mol. The van der Waals surface area contributed by atoms with Gasteiger partial charge in [0.1, 0.15) is 12.3 Å². The van der Waals surface area contributed by atoms with Crippen LogP contribution in [0.15, 0.2) is 23.0 Å². The van der Waals surface area contributed by atoms with Crippen molar-refractivity contribution in [2.75, 3.05) is 6.54 Å². The fourth-order valence-electron chi connectivity index (χ4n) is 1.58. The summed E-state index contributed by atoms with van der Waals surface area (Å²) < 4.78 is 4.57. The highest BCUT2D eigenvalue weighted by molar-refractivity contribution is 5.73. The highest BCUT2D eigenvalue weighted by Crippen LogP contribution is 2.14. The standard InChI is InChI=1S/C6H13N.C5H4O2.C3H8N2O2/c7-6-4-2-1-3-5-6;6-3-5-1-2-7-4-5;4-1-2(5)3(6)7/h6H,1-5,7H2;1-4H;2H,1,4-5H2,(H,6,7)/t;;2-/m..0/s1. The number of rotatable bonds is 3. The van der Waals surface area contributed by atoms with Gasteiger partial charge in [-0.25, -0.2) is 0 Å². The number of hydrogen-bond acceptors (Lipinski definition) is 6. The number of furan rings is 1. The maximum atomic E-state index is 9.81. The predicted octanol–water partition coefficient (Wildman–Crippen LogP) is 0.727. The van der Waals surface area contributed by atoms with E-state index in [2.05, 4.69) is 4.42 Å². The van der Waals surface area contributed by atoms with Crippen LogP contribution in [0, 0.1) is 0 Å². The van der Waals surface area contributed by atoms with E-state index in [0.717, 1.165) is 6.29 Å². The van der Waals surface area contributed by atoms with Crippen molar-refractivity contribution in [2.45, 2.75) is 44.2 Å². The molecule has 120 valence electrons. The van der Waals surface area contributed by atoms with Gasteiger partial charge in [0.2, 0.25) is 0 Å². The van der Waals surface area contributed by atoms with Crippen molar-refractivity contribution in [3.63, 3.8) is 0 Å². The van der Waals surface area contributed by atoms with Gasteiger partial charge >= 0.3 is 5.97 Å². The molecule has 0 aliphatic heterocycles. The van der Waals surface area contributed by atoms with E-state index in [1.165, 1.54) is 44.6 Å². The molecule has 7 nitrogen and oxygen atoms in total. The van der Waals surface area contributed by atoms with Crippen LogP contribution in [0.5, 0.6) is 0 Å². The molecule has 7 N–H and O–H groups in total. The van der Waals surface area contributed by atoms with E-state index in [1.807, 2.05) is 0 Å². The van der Waals surface area contributed by atoms with Crippen molar-refractivity contribution >= 4 is 12.3 Å². The topological polar surface area (TPSA) is 146 Å². The third-order valence-corrected chi connectivity index (χ3v) is 2.90. The molecule has 0 radical (unpaired) electrons. The first-order valence-corrected chi connectivity index (χ1v) is 6.92. The van der Waals surface area contributed by atoms with Crippen molar-refractivity contribution in [3.05, 3.63) is 24.2 Å². The Morgan fingerprint density at radius 2 is 2.05 bits per heavy atom. The van der Waals surface area contributed by atoms with Crippen molar-refractivity contribution in [1.82, 2.24) is 0 Å². The molecule has 7 heteroatoms. The second kappa shape index (κ2) is 12.1. The molecular weight excluding hydrogens is 274 g/mol. The highest BCUT2D eigenvalue weighted by Gasteiger charge is 2.06. The number of aliphatic carboxylic acids is 1. The summed E-state index contributed by atoms with van der Waals surface area (Å²) in [7, 11) is 0. The molecule has 2 rings (SSSR count). The molecule has 0 saturated heterocycles. The van der Waals surface area contributed by atoms with E-state index in [0.29, 0.717) is 11.6 Å². The Bertz CT molecular complexity index is 376. The quantitative estimate of drug-likeness (QED) is 0.601. The first-order chi connectivity index (χ1) is 10.0. The Morgan fingerprint density at radius 3 is 2.24 bits per heavy atom. The van der Waals surface area contributed by atoms with Crippen molar-refractivity contribution in [3.8, 4) is 0 Å². The minimum absolute atomic E-state index is 0.00463. The van der Waals surface area contributed by atoms with Gasteiger partial charge in [-0.1, -0.05) is 19.3 Å². The number of nitrogens with two attached hydrogens (primary N) is 3. The van der Waals surface area contributed by atoms with Crippen LogP contribution in [0.25, 0.3) is 0 Å². The van der Waals surface area contributed by atoms with Crippen LogP contribution >= 0.6 is 0 Å². The first kappa shape index (κ1) is 19.3. The van der Waals surface area contributed by atoms with Crippen LogP contribution in [-0.2, 0) is 4.79 Å². The number of carbonyl (C=O) groups excluding carboxylic acids is 1. The zero-order valence-corrected chi connectivity index (χ0v) is 12.1. The highest BCUT2D eigenvalue weighted by atomic mass is 16.4. The molecule has 0 unspecified atom stereocenters. The molecule has 0 bridgehead atoms. The van der Waals surface area contributed by atoms with Gasteiger partial charge < -0.3 is 26.7 Å². The zero-order chi connectivity index (χ0) is 16.1. The lowest BCUT2D eigenvalue weighted by atomic mass is 9.97. The second-order valence-electron chi connectivity index (χ2n) is 4.75. The Morgan fingerprint density at radius 1 is 1.43 bits per heavy atom. The van der Waals surface area contributed by atoms with Crippen molar-refractivity contribution in [1.29, 1.82) is 0 Å². The van der Waals surface area contributed by atoms with Crippen LogP contribution in [0.1, 0.15) is 42.5 Å². The largest absolute Gasteiger partial charge is 0.480 e. The second-order valence-corrected chi connectivity index (χ2v) is 4.75. The van der Waals surface area contributed by atoms with Gasteiger partial charge in [0, 0.05) is 12.6 Å². The molecule has 1 saturated carbocycles. The number of carboxylic acid groups (broad SMARTS) is 1. The van der Waals surface area contributed by atoms with Crippen molar-refractivity contribution in [2.24, 2.45) is 17.2 Å². The summed E-state index contributed by atoms with van der Waals surface area (Å²) >= 11 is 0. The van der Waals surface area contributed by atoms with Gasteiger partial charge in [-0.15, -0.1) is 0 Å². The van der Waals surface area contributed by atoms with Crippen LogP contribution < -0.4 is 17.2 Å². The summed E-state index contributed by atoms with van der Waals surface area (Å²) in [6, 6.07) is 1.24. The van der Waals surface area contributed by atoms with Gasteiger partial charge in [0.15, 0.2) is 6.29 Å². The minimum atomic E-state index is -1.05. The Labute approximate surface area is 124 Å². The molecule has 1 heterocycles. The van der Waals surface area contributed by atoms with Gasteiger partial charge in [0.25, 0.3) is 0 Å². The molecule has 1 fully saturated rings. The number of aldehydes is 1. The SMILES string of the molecule is NC1CCCCC1.NC[C@H](N)C(=O)O.O=Cc1ccoc1. The summed E-state index contributed by atoms with van der Waals surface area (Å²) in [5.74, 6) is -1.05. The summed E-state index contributed by atoms with van der Waals surface area (Å²) in [5.41, 5.74) is 16.0. The molecule has 1 aliphatic rings. The Balaban J connectivity index is 0.000000286. The fourth-order valence-corrected chi connectivity index (χ4v) is 1.58. The molecule has 1 aromatic rings. The summed E-state index contributed by atoms with van der Waals surface area (Å²) in [6.45, 7) is -0.00463. The molecule has 0 aromatic carbocycles. The Hall–Kier alpha value is -1.70. The van der Waals surface area contributed by atoms with E-state index in [9.17, 15) is 9.59 Å². The fraction of sp³-hybridized carbons (Fsp3) is 0.571. The zero-order valence-electron chi connectivity index (χ0n) is 12.1. The summed E-state index contributed by atoms with van der Waals surface area (Å²) in [6.07, 6.45) is 10.3. The van der Waals surface area contributed by atoms with Gasteiger partial charge in [-0.2, -0.15) is 0 Å². The molecule has 1 aliphatic carbocycles. The Kier molecular flexibility index (Phi) is 11.1. The van der Waals surface area contributed by atoms with E-state index in [-0.39, 0.29) is 6.54 Å². The van der Waals surface area contributed by atoms with Crippen molar-refractivity contribution < 1.29 is 19.1 Å². The lowest BCUT2D eigenvalue weighted by molar-refractivity contribution is -0.138. The smallest absolute Gasteiger partial charge is 0.321 e. The molecular formula is C14H25N3O4. The maximum absolute atomic E-state index is 9.81. The van der Waals surface area contributed by atoms with E-state index >= 15 is 0 Å². The van der Waals surface area contributed by atoms with Gasteiger partial charge in [-0.05, 0) is 18.9 Å².